The first-order chi connectivity index (χ1) is 14.4. The highest BCUT2D eigenvalue weighted by atomic mass is 19.1. The van der Waals surface area contributed by atoms with Crippen molar-refractivity contribution in [3.8, 4) is 0 Å². The second kappa shape index (κ2) is 9.96. The van der Waals surface area contributed by atoms with Crippen LogP contribution in [0.25, 0.3) is 0 Å². The summed E-state index contributed by atoms with van der Waals surface area (Å²) in [6.45, 7) is 4.08. The highest BCUT2D eigenvalue weighted by molar-refractivity contribution is 5.29. The SMILES string of the molecule is CN(CCCOC(C)(c1ccc(F)cc1)c1nccn1C)CCc1ccccc1F. The van der Waals surface area contributed by atoms with Crippen molar-refractivity contribution in [1.82, 2.24) is 14.5 Å². The molecule has 0 aliphatic carbocycles. The Labute approximate surface area is 177 Å². The Balaban J connectivity index is 1.57. The molecule has 1 aromatic heterocycles. The van der Waals surface area contributed by atoms with Crippen molar-refractivity contribution in [2.75, 3.05) is 26.7 Å². The summed E-state index contributed by atoms with van der Waals surface area (Å²) in [7, 11) is 3.95. The molecule has 0 radical (unpaired) electrons. The molecule has 1 heterocycles. The summed E-state index contributed by atoms with van der Waals surface area (Å²) in [5.74, 6) is 0.332. The van der Waals surface area contributed by atoms with Crippen LogP contribution in [0.3, 0.4) is 0 Å². The third-order valence-electron chi connectivity index (χ3n) is 5.44. The summed E-state index contributed by atoms with van der Waals surface area (Å²) in [5, 5.41) is 0. The highest BCUT2D eigenvalue weighted by Gasteiger charge is 2.33. The third kappa shape index (κ3) is 5.32. The number of aryl methyl sites for hydroxylation is 1. The molecule has 1 atom stereocenters. The summed E-state index contributed by atoms with van der Waals surface area (Å²) in [5.41, 5.74) is 0.808. The Morgan fingerprint density at radius 1 is 1.07 bits per heavy atom. The normalized spacial score (nSPS) is 13.5. The number of imidazole rings is 1. The van der Waals surface area contributed by atoms with Crippen LogP contribution in [0.15, 0.2) is 60.9 Å². The van der Waals surface area contributed by atoms with E-state index in [1.54, 1.807) is 24.4 Å². The first-order valence-corrected chi connectivity index (χ1v) is 10.2. The zero-order valence-electron chi connectivity index (χ0n) is 17.8. The van der Waals surface area contributed by atoms with Crippen molar-refractivity contribution in [3.05, 3.63) is 89.5 Å². The van der Waals surface area contributed by atoms with Gasteiger partial charge in [0.25, 0.3) is 0 Å². The molecule has 6 heteroatoms. The number of benzene rings is 2. The van der Waals surface area contributed by atoms with Crippen LogP contribution in [0.2, 0.25) is 0 Å². The van der Waals surface area contributed by atoms with Crippen LogP contribution in [-0.2, 0) is 23.8 Å². The van der Waals surface area contributed by atoms with Crippen molar-refractivity contribution < 1.29 is 13.5 Å². The topological polar surface area (TPSA) is 30.3 Å². The maximum Gasteiger partial charge on any atom is 0.148 e. The fourth-order valence-electron chi connectivity index (χ4n) is 3.61. The highest BCUT2D eigenvalue weighted by Crippen LogP contribution is 2.32. The first-order valence-electron chi connectivity index (χ1n) is 10.2. The molecule has 2 aromatic carbocycles. The van der Waals surface area contributed by atoms with Crippen molar-refractivity contribution in [3.63, 3.8) is 0 Å². The minimum absolute atomic E-state index is 0.153. The van der Waals surface area contributed by atoms with E-state index in [0.717, 1.165) is 36.5 Å². The minimum Gasteiger partial charge on any atom is -0.363 e. The Morgan fingerprint density at radius 3 is 2.47 bits per heavy atom. The van der Waals surface area contributed by atoms with Gasteiger partial charge in [0.15, 0.2) is 0 Å². The average molecular weight is 414 g/mol. The average Bonchev–Trinajstić information content (AvgIpc) is 3.17. The maximum absolute atomic E-state index is 13.8. The Morgan fingerprint density at radius 2 is 1.80 bits per heavy atom. The molecule has 0 aliphatic heterocycles. The number of halogens is 2. The van der Waals surface area contributed by atoms with E-state index in [-0.39, 0.29) is 11.6 Å². The summed E-state index contributed by atoms with van der Waals surface area (Å²) >= 11 is 0. The van der Waals surface area contributed by atoms with Crippen molar-refractivity contribution in [2.45, 2.75) is 25.4 Å². The van der Waals surface area contributed by atoms with Crippen LogP contribution in [0.4, 0.5) is 8.78 Å². The molecule has 4 nitrogen and oxygen atoms in total. The van der Waals surface area contributed by atoms with E-state index in [2.05, 4.69) is 9.88 Å². The maximum atomic E-state index is 13.8. The van der Waals surface area contributed by atoms with Crippen LogP contribution < -0.4 is 0 Å². The first kappa shape index (κ1) is 22.1. The van der Waals surface area contributed by atoms with Crippen LogP contribution >= 0.6 is 0 Å². The lowest BCUT2D eigenvalue weighted by molar-refractivity contribution is -0.0157. The van der Waals surface area contributed by atoms with Gasteiger partial charge < -0.3 is 14.2 Å². The van der Waals surface area contributed by atoms with Gasteiger partial charge in [0.2, 0.25) is 0 Å². The van der Waals surface area contributed by atoms with Gasteiger partial charge >= 0.3 is 0 Å². The van der Waals surface area contributed by atoms with E-state index in [1.165, 1.54) is 18.2 Å². The molecule has 0 amide bonds. The van der Waals surface area contributed by atoms with Gasteiger partial charge in [0.1, 0.15) is 23.1 Å². The van der Waals surface area contributed by atoms with Gasteiger partial charge in [-0.1, -0.05) is 30.3 Å². The quantitative estimate of drug-likeness (QED) is 0.457. The van der Waals surface area contributed by atoms with Crippen LogP contribution in [0, 0.1) is 11.6 Å². The number of nitrogens with zero attached hydrogens (tertiary/aromatic N) is 3. The fourth-order valence-corrected chi connectivity index (χ4v) is 3.61. The Hall–Kier alpha value is -2.57. The standard InChI is InChI=1S/C24H29F2N3O/c1-24(23-27-14-17-29(23)3,20-9-11-21(25)12-10-20)30-18-6-15-28(2)16-13-19-7-4-5-8-22(19)26/h4-5,7-12,14,17H,6,13,15-16,18H2,1-3H3. The zero-order chi connectivity index (χ0) is 21.6. The third-order valence-corrected chi connectivity index (χ3v) is 5.44. The lowest BCUT2D eigenvalue weighted by Crippen LogP contribution is -2.32. The Kier molecular flexibility index (Phi) is 7.34. The van der Waals surface area contributed by atoms with Crippen molar-refractivity contribution in [2.24, 2.45) is 7.05 Å². The summed E-state index contributed by atoms with van der Waals surface area (Å²) in [6, 6.07) is 13.3. The van der Waals surface area contributed by atoms with Gasteiger partial charge in [0, 0.05) is 39.1 Å². The molecule has 0 aliphatic rings. The predicted octanol–water partition coefficient (Wildman–Crippen LogP) is 4.54. The van der Waals surface area contributed by atoms with E-state index in [0.29, 0.717) is 13.0 Å². The van der Waals surface area contributed by atoms with E-state index in [1.807, 2.05) is 43.9 Å². The summed E-state index contributed by atoms with van der Waals surface area (Å²) < 4.78 is 35.4. The molecule has 0 saturated heterocycles. The van der Waals surface area contributed by atoms with Gasteiger partial charge in [-0.05, 0) is 56.1 Å². The number of hydrogen-bond acceptors (Lipinski definition) is 3. The fraction of sp³-hybridized carbons (Fsp3) is 0.375. The predicted molar refractivity (Wildman–Crippen MR) is 114 cm³/mol. The molecule has 0 bridgehead atoms. The molecule has 1 unspecified atom stereocenters. The van der Waals surface area contributed by atoms with E-state index in [9.17, 15) is 8.78 Å². The minimum atomic E-state index is -0.780. The number of likely N-dealkylation sites (N-methyl/N-ethyl adjacent to an activating group) is 1. The van der Waals surface area contributed by atoms with Gasteiger partial charge in [-0.2, -0.15) is 0 Å². The lowest BCUT2D eigenvalue weighted by atomic mass is 9.94. The van der Waals surface area contributed by atoms with Crippen molar-refractivity contribution >= 4 is 0 Å². The molecule has 0 saturated carbocycles. The number of aromatic nitrogens is 2. The molecule has 0 fully saturated rings. The summed E-state index contributed by atoms with van der Waals surface area (Å²) in [4.78, 5) is 6.64. The number of hydrogen-bond donors (Lipinski definition) is 0. The molecular formula is C24H29F2N3O. The van der Waals surface area contributed by atoms with Crippen LogP contribution in [-0.4, -0.2) is 41.2 Å². The van der Waals surface area contributed by atoms with Gasteiger partial charge in [-0.3, -0.25) is 0 Å². The molecule has 160 valence electrons. The molecule has 0 spiro atoms. The van der Waals surface area contributed by atoms with E-state index >= 15 is 0 Å². The van der Waals surface area contributed by atoms with E-state index < -0.39 is 5.60 Å². The second-order valence-corrected chi connectivity index (χ2v) is 7.75. The molecule has 30 heavy (non-hydrogen) atoms. The van der Waals surface area contributed by atoms with Crippen LogP contribution in [0.5, 0.6) is 0 Å². The Bertz CT molecular complexity index is 942. The summed E-state index contributed by atoms with van der Waals surface area (Å²) in [6.07, 6.45) is 5.09. The zero-order valence-corrected chi connectivity index (χ0v) is 17.8. The molecule has 0 N–H and O–H groups in total. The lowest BCUT2D eigenvalue weighted by Gasteiger charge is -2.30. The second-order valence-electron chi connectivity index (χ2n) is 7.75. The van der Waals surface area contributed by atoms with Gasteiger partial charge in [-0.15, -0.1) is 0 Å². The molecule has 3 rings (SSSR count). The van der Waals surface area contributed by atoms with E-state index in [4.69, 9.17) is 4.74 Å². The van der Waals surface area contributed by atoms with Gasteiger partial charge in [0.05, 0.1) is 0 Å². The smallest absolute Gasteiger partial charge is 0.148 e. The molecular weight excluding hydrogens is 384 g/mol. The van der Waals surface area contributed by atoms with Crippen molar-refractivity contribution in [1.29, 1.82) is 0 Å². The number of rotatable bonds is 10. The van der Waals surface area contributed by atoms with Crippen LogP contribution in [0.1, 0.15) is 30.3 Å². The molecule has 3 aromatic rings. The number of ether oxygens (including phenoxy) is 1. The van der Waals surface area contributed by atoms with Gasteiger partial charge in [-0.25, -0.2) is 13.8 Å². The largest absolute Gasteiger partial charge is 0.363 e. The monoisotopic (exact) mass is 413 g/mol.